The van der Waals surface area contributed by atoms with Crippen LogP contribution in [0.3, 0.4) is 0 Å². The van der Waals surface area contributed by atoms with Crippen LogP contribution in [-0.2, 0) is 0 Å². The van der Waals surface area contributed by atoms with E-state index >= 15 is 0 Å². The third-order valence-electron chi connectivity index (χ3n) is 3.00. The van der Waals surface area contributed by atoms with E-state index < -0.39 is 0 Å². The summed E-state index contributed by atoms with van der Waals surface area (Å²) in [6.45, 7) is 5.76. The van der Waals surface area contributed by atoms with E-state index in [0.29, 0.717) is 11.1 Å². The maximum Gasteiger partial charge on any atom is 0.123 e. The van der Waals surface area contributed by atoms with Crippen LogP contribution in [0, 0.1) is 20.8 Å². The average Bonchev–Trinajstić information content (AvgIpc) is 2.27. The molecular weight excluding hydrogens is 212 g/mol. The Bertz CT molecular complexity index is 571. The van der Waals surface area contributed by atoms with Crippen LogP contribution in [0.25, 0.3) is 11.1 Å². The summed E-state index contributed by atoms with van der Waals surface area (Å²) in [5.74, 6) is 0.410. The van der Waals surface area contributed by atoms with Crippen LogP contribution >= 0.6 is 0 Å². The third kappa shape index (κ3) is 2.11. The molecule has 2 aromatic rings. The summed E-state index contributed by atoms with van der Waals surface area (Å²) < 4.78 is 0. The third-order valence-corrected chi connectivity index (χ3v) is 3.00. The summed E-state index contributed by atoms with van der Waals surface area (Å²) in [6.07, 6.45) is 0. The van der Waals surface area contributed by atoms with Crippen LogP contribution in [0.15, 0.2) is 30.3 Å². The van der Waals surface area contributed by atoms with Gasteiger partial charge in [0.15, 0.2) is 0 Å². The maximum atomic E-state index is 9.97. The predicted octanol–water partition coefficient (Wildman–Crippen LogP) is 3.69. The Balaban J connectivity index is 2.68. The standard InChI is InChI=1S/C15H16O2/c1-9-4-5-10(2)12(6-9)13-8-14(16)11(3)7-15(13)17/h4-8,16-17H,1-3H3. The van der Waals surface area contributed by atoms with Gasteiger partial charge in [-0.3, -0.25) is 0 Å². The van der Waals surface area contributed by atoms with Crippen molar-refractivity contribution in [2.45, 2.75) is 20.8 Å². The number of hydrogen-bond donors (Lipinski definition) is 2. The molecule has 0 saturated heterocycles. The first-order valence-electron chi connectivity index (χ1n) is 5.59. The summed E-state index contributed by atoms with van der Waals surface area (Å²) in [7, 11) is 0. The van der Waals surface area contributed by atoms with Gasteiger partial charge in [0.05, 0.1) is 0 Å². The minimum Gasteiger partial charge on any atom is -0.508 e. The van der Waals surface area contributed by atoms with Crippen molar-refractivity contribution in [1.29, 1.82) is 0 Å². The highest BCUT2D eigenvalue weighted by Gasteiger charge is 2.10. The maximum absolute atomic E-state index is 9.97. The van der Waals surface area contributed by atoms with Crippen LogP contribution in [0.2, 0.25) is 0 Å². The number of phenols is 2. The minimum atomic E-state index is 0.203. The molecule has 88 valence electrons. The summed E-state index contributed by atoms with van der Waals surface area (Å²) in [5.41, 5.74) is 4.52. The Labute approximate surface area is 101 Å². The van der Waals surface area contributed by atoms with E-state index in [9.17, 15) is 10.2 Å². The molecule has 0 spiro atoms. The molecule has 0 aliphatic rings. The van der Waals surface area contributed by atoms with Crippen molar-refractivity contribution in [2.24, 2.45) is 0 Å². The van der Waals surface area contributed by atoms with E-state index in [4.69, 9.17) is 0 Å². The van der Waals surface area contributed by atoms with Crippen LogP contribution < -0.4 is 0 Å². The second-order valence-electron chi connectivity index (χ2n) is 4.47. The van der Waals surface area contributed by atoms with Crippen molar-refractivity contribution in [3.63, 3.8) is 0 Å². The zero-order valence-corrected chi connectivity index (χ0v) is 10.3. The van der Waals surface area contributed by atoms with E-state index in [1.165, 1.54) is 0 Å². The lowest BCUT2D eigenvalue weighted by atomic mass is 9.96. The van der Waals surface area contributed by atoms with Gasteiger partial charge < -0.3 is 10.2 Å². The molecule has 0 fully saturated rings. The van der Waals surface area contributed by atoms with Crippen LogP contribution in [0.5, 0.6) is 11.5 Å². The van der Waals surface area contributed by atoms with Crippen molar-refractivity contribution >= 4 is 0 Å². The Hall–Kier alpha value is -1.96. The van der Waals surface area contributed by atoms with Crippen molar-refractivity contribution in [2.75, 3.05) is 0 Å². The molecule has 17 heavy (non-hydrogen) atoms. The van der Waals surface area contributed by atoms with Gasteiger partial charge in [0, 0.05) is 5.56 Å². The highest BCUT2D eigenvalue weighted by atomic mass is 16.3. The predicted molar refractivity (Wildman–Crippen MR) is 69.4 cm³/mol. The smallest absolute Gasteiger partial charge is 0.123 e. The molecule has 0 unspecified atom stereocenters. The first-order chi connectivity index (χ1) is 7.99. The van der Waals surface area contributed by atoms with Gasteiger partial charge in [-0.25, -0.2) is 0 Å². The molecule has 2 nitrogen and oxygen atoms in total. The average molecular weight is 228 g/mol. The molecular formula is C15H16O2. The van der Waals surface area contributed by atoms with E-state index in [-0.39, 0.29) is 11.5 Å². The van der Waals surface area contributed by atoms with Gasteiger partial charge in [-0.2, -0.15) is 0 Å². The zero-order chi connectivity index (χ0) is 12.6. The second-order valence-corrected chi connectivity index (χ2v) is 4.47. The molecule has 2 heteroatoms. The molecule has 0 aliphatic carbocycles. The molecule has 0 bridgehead atoms. The molecule has 2 N–H and O–H groups in total. The molecule has 2 aromatic carbocycles. The Kier molecular flexibility index (Phi) is 2.80. The molecule has 0 amide bonds. The topological polar surface area (TPSA) is 40.5 Å². The van der Waals surface area contributed by atoms with Crippen molar-refractivity contribution in [3.05, 3.63) is 47.0 Å². The lowest BCUT2D eigenvalue weighted by Crippen LogP contribution is -1.87. The summed E-state index contributed by atoms with van der Waals surface area (Å²) in [5, 5.41) is 19.7. The Morgan fingerprint density at radius 3 is 2.12 bits per heavy atom. The molecule has 0 heterocycles. The van der Waals surface area contributed by atoms with Gasteiger partial charge in [0.25, 0.3) is 0 Å². The lowest BCUT2D eigenvalue weighted by Gasteiger charge is -2.11. The summed E-state index contributed by atoms with van der Waals surface area (Å²) in [4.78, 5) is 0. The minimum absolute atomic E-state index is 0.203. The van der Waals surface area contributed by atoms with Crippen LogP contribution in [0.4, 0.5) is 0 Å². The second kappa shape index (κ2) is 4.13. The number of hydrogen-bond acceptors (Lipinski definition) is 2. The van der Waals surface area contributed by atoms with Gasteiger partial charge in [0.2, 0.25) is 0 Å². The zero-order valence-electron chi connectivity index (χ0n) is 10.3. The number of rotatable bonds is 1. The van der Waals surface area contributed by atoms with Crippen molar-refractivity contribution in [1.82, 2.24) is 0 Å². The van der Waals surface area contributed by atoms with Gasteiger partial charge >= 0.3 is 0 Å². The van der Waals surface area contributed by atoms with Gasteiger partial charge in [-0.05, 0) is 49.6 Å². The molecule has 0 radical (unpaired) electrons. The molecule has 0 saturated carbocycles. The van der Waals surface area contributed by atoms with Crippen molar-refractivity contribution in [3.8, 4) is 22.6 Å². The molecule has 0 aliphatic heterocycles. The first kappa shape index (κ1) is 11.5. The lowest BCUT2D eigenvalue weighted by molar-refractivity contribution is 0.458. The van der Waals surface area contributed by atoms with Crippen molar-refractivity contribution < 1.29 is 10.2 Å². The monoisotopic (exact) mass is 228 g/mol. The number of aromatic hydroxyl groups is 2. The Morgan fingerprint density at radius 1 is 0.706 bits per heavy atom. The molecule has 0 aromatic heterocycles. The quantitative estimate of drug-likeness (QED) is 0.731. The SMILES string of the molecule is Cc1ccc(C)c(-c2cc(O)c(C)cc2O)c1. The number of aryl methyl sites for hydroxylation is 3. The van der Waals surface area contributed by atoms with E-state index in [2.05, 4.69) is 0 Å². The summed E-state index contributed by atoms with van der Waals surface area (Å²) in [6, 6.07) is 9.27. The van der Waals surface area contributed by atoms with E-state index in [0.717, 1.165) is 16.7 Å². The number of phenolic OH excluding ortho intramolecular Hbond substituents is 2. The number of benzene rings is 2. The van der Waals surface area contributed by atoms with Crippen LogP contribution in [0.1, 0.15) is 16.7 Å². The van der Waals surface area contributed by atoms with E-state index in [1.54, 1.807) is 19.1 Å². The first-order valence-corrected chi connectivity index (χ1v) is 5.59. The fraction of sp³-hybridized carbons (Fsp3) is 0.200. The van der Waals surface area contributed by atoms with Gasteiger partial charge in [-0.1, -0.05) is 23.8 Å². The normalized spacial score (nSPS) is 10.5. The van der Waals surface area contributed by atoms with Gasteiger partial charge in [0.1, 0.15) is 11.5 Å². The summed E-state index contributed by atoms with van der Waals surface area (Å²) >= 11 is 0. The molecule has 0 atom stereocenters. The fourth-order valence-electron chi connectivity index (χ4n) is 1.92. The highest BCUT2D eigenvalue weighted by Crippen LogP contribution is 2.36. The molecule has 2 rings (SSSR count). The van der Waals surface area contributed by atoms with E-state index in [1.807, 2.05) is 32.0 Å². The Morgan fingerprint density at radius 2 is 1.41 bits per heavy atom. The fourth-order valence-corrected chi connectivity index (χ4v) is 1.92. The van der Waals surface area contributed by atoms with Gasteiger partial charge in [-0.15, -0.1) is 0 Å². The largest absolute Gasteiger partial charge is 0.508 e. The van der Waals surface area contributed by atoms with Crippen LogP contribution in [-0.4, -0.2) is 10.2 Å². The highest BCUT2D eigenvalue weighted by molar-refractivity contribution is 5.75.